The van der Waals surface area contributed by atoms with Gasteiger partial charge in [-0.3, -0.25) is 4.79 Å². The van der Waals surface area contributed by atoms with Crippen LogP contribution in [0.25, 0.3) is 0 Å². The van der Waals surface area contributed by atoms with Gasteiger partial charge in [0.15, 0.2) is 0 Å². The SMILES string of the molecule is CCSC(=O)C=S(C)C. The minimum Gasteiger partial charge on any atom is -0.282 e. The molecule has 0 aromatic heterocycles. The third kappa shape index (κ3) is 6.12. The van der Waals surface area contributed by atoms with Crippen molar-refractivity contribution in [1.29, 1.82) is 0 Å². The molecule has 0 heterocycles. The first-order valence-electron chi connectivity index (χ1n) is 2.74. The first-order valence-corrected chi connectivity index (χ1v) is 5.83. The van der Waals surface area contributed by atoms with Crippen molar-refractivity contribution in [3.8, 4) is 0 Å². The number of hydrogen-bond donors (Lipinski definition) is 0. The Morgan fingerprint density at radius 3 is 2.56 bits per heavy atom. The van der Waals surface area contributed by atoms with E-state index in [9.17, 15) is 4.79 Å². The summed E-state index contributed by atoms with van der Waals surface area (Å²) in [5.74, 6) is 0.881. The van der Waals surface area contributed by atoms with Gasteiger partial charge in [-0.25, -0.2) is 0 Å². The Morgan fingerprint density at radius 1 is 1.67 bits per heavy atom. The molecule has 0 fully saturated rings. The highest BCUT2D eigenvalue weighted by atomic mass is 32.2. The normalized spacial score (nSPS) is 9.78. The van der Waals surface area contributed by atoms with Crippen LogP contribution in [0.15, 0.2) is 0 Å². The maximum atomic E-state index is 10.8. The second-order valence-corrected chi connectivity index (χ2v) is 5.01. The van der Waals surface area contributed by atoms with Crippen molar-refractivity contribution in [3.63, 3.8) is 0 Å². The zero-order chi connectivity index (χ0) is 7.28. The molecule has 0 aromatic rings. The molecule has 0 aliphatic carbocycles. The molecule has 0 amide bonds. The average molecular weight is 164 g/mol. The van der Waals surface area contributed by atoms with E-state index < -0.39 is 0 Å². The number of thioether (sulfide) groups is 1. The summed E-state index contributed by atoms with van der Waals surface area (Å²) in [7, 11) is 0.157. The minimum atomic E-state index is 0.157. The summed E-state index contributed by atoms with van der Waals surface area (Å²) >= 11 is 1.37. The third-order valence-electron chi connectivity index (χ3n) is 0.619. The van der Waals surface area contributed by atoms with Gasteiger partial charge in [-0.1, -0.05) is 18.7 Å². The van der Waals surface area contributed by atoms with Crippen molar-refractivity contribution in [1.82, 2.24) is 0 Å². The van der Waals surface area contributed by atoms with Gasteiger partial charge in [-0.15, -0.1) is 0 Å². The van der Waals surface area contributed by atoms with Gasteiger partial charge in [0.2, 0.25) is 5.12 Å². The van der Waals surface area contributed by atoms with E-state index in [1.807, 2.05) is 19.4 Å². The zero-order valence-corrected chi connectivity index (χ0v) is 7.64. The van der Waals surface area contributed by atoms with Crippen molar-refractivity contribution >= 4 is 32.7 Å². The van der Waals surface area contributed by atoms with E-state index in [4.69, 9.17) is 0 Å². The third-order valence-corrected chi connectivity index (χ3v) is 2.14. The maximum absolute atomic E-state index is 10.8. The van der Waals surface area contributed by atoms with Gasteiger partial charge in [0.1, 0.15) is 0 Å². The van der Waals surface area contributed by atoms with Gasteiger partial charge in [0, 0.05) is 5.37 Å². The van der Waals surface area contributed by atoms with Crippen LogP contribution in [0.1, 0.15) is 6.92 Å². The number of hydrogen-bond acceptors (Lipinski definition) is 2. The van der Waals surface area contributed by atoms with E-state index in [0.717, 1.165) is 5.75 Å². The van der Waals surface area contributed by atoms with Crippen LogP contribution in [0, 0.1) is 0 Å². The van der Waals surface area contributed by atoms with Crippen LogP contribution in [-0.4, -0.2) is 28.7 Å². The Morgan fingerprint density at radius 2 is 2.22 bits per heavy atom. The predicted molar refractivity (Wildman–Crippen MR) is 48.6 cm³/mol. The van der Waals surface area contributed by atoms with Crippen LogP contribution in [-0.2, 0) is 4.79 Å². The van der Waals surface area contributed by atoms with Crippen LogP contribution in [0.2, 0.25) is 0 Å². The fourth-order valence-corrected chi connectivity index (χ4v) is 1.89. The highest BCUT2D eigenvalue weighted by molar-refractivity contribution is 8.21. The van der Waals surface area contributed by atoms with Crippen LogP contribution < -0.4 is 0 Å². The second kappa shape index (κ2) is 5.06. The average Bonchev–Trinajstić information content (AvgIpc) is 1.63. The molecule has 9 heavy (non-hydrogen) atoms. The highest BCUT2D eigenvalue weighted by Gasteiger charge is 1.92. The zero-order valence-electron chi connectivity index (χ0n) is 6.01. The molecule has 0 spiro atoms. The van der Waals surface area contributed by atoms with E-state index in [0.29, 0.717) is 0 Å². The summed E-state index contributed by atoms with van der Waals surface area (Å²) in [4.78, 5) is 10.8. The fourth-order valence-electron chi connectivity index (χ4n) is 0.369. The standard InChI is InChI=1S/C6H12OS2/c1-4-8-6(7)5-9(2)3/h5H,4H2,1-3H3. The molecule has 54 valence electrons. The highest BCUT2D eigenvalue weighted by Crippen LogP contribution is 2.03. The van der Waals surface area contributed by atoms with Crippen molar-refractivity contribution in [3.05, 3.63) is 0 Å². The molecule has 3 heteroatoms. The van der Waals surface area contributed by atoms with Crippen LogP contribution >= 0.6 is 22.2 Å². The second-order valence-electron chi connectivity index (χ2n) is 1.75. The lowest BCUT2D eigenvalue weighted by molar-refractivity contribution is -0.105. The predicted octanol–water partition coefficient (Wildman–Crippen LogP) is 1.60. The molecule has 0 saturated carbocycles. The Labute approximate surface area is 63.1 Å². The molecule has 0 saturated heterocycles. The topological polar surface area (TPSA) is 17.1 Å². The molecule has 0 radical (unpaired) electrons. The summed E-state index contributed by atoms with van der Waals surface area (Å²) in [5.41, 5.74) is 0. The van der Waals surface area contributed by atoms with Gasteiger partial charge >= 0.3 is 0 Å². The van der Waals surface area contributed by atoms with Crippen LogP contribution in [0.5, 0.6) is 0 Å². The molecule has 0 N–H and O–H groups in total. The lowest BCUT2D eigenvalue weighted by atomic mass is 10.9. The molecule has 0 aliphatic heterocycles. The Bertz CT molecular complexity index is 125. The number of carbonyl (C=O) groups excluding carboxylic acids is 1. The van der Waals surface area contributed by atoms with Gasteiger partial charge in [-0.05, 0) is 18.3 Å². The van der Waals surface area contributed by atoms with Crippen LogP contribution in [0.3, 0.4) is 0 Å². The van der Waals surface area contributed by atoms with Crippen molar-refractivity contribution < 1.29 is 4.79 Å². The number of rotatable bonds is 2. The van der Waals surface area contributed by atoms with Gasteiger partial charge in [-0.2, -0.15) is 10.5 Å². The molecule has 0 atom stereocenters. The fraction of sp³-hybridized carbons (Fsp3) is 0.667. The van der Waals surface area contributed by atoms with Crippen LogP contribution in [0.4, 0.5) is 0 Å². The first kappa shape index (κ1) is 9.24. The van der Waals surface area contributed by atoms with E-state index >= 15 is 0 Å². The Hall–Kier alpha value is 0.240. The lowest BCUT2D eigenvalue weighted by Gasteiger charge is -1.90. The van der Waals surface area contributed by atoms with E-state index in [2.05, 4.69) is 0 Å². The smallest absolute Gasteiger partial charge is 0.217 e. The van der Waals surface area contributed by atoms with Crippen molar-refractivity contribution in [2.45, 2.75) is 6.92 Å². The van der Waals surface area contributed by atoms with Gasteiger partial charge < -0.3 is 0 Å². The van der Waals surface area contributed by atoms with Crippen molar-refractivity contribution in [2.75, 3.05) is 18.3 Å². The summed E-state index contributed by atoms with van der Waals surface area (Å²) in [6, 6.07) is 0. The van der Waals surface area contributed by atoms with E-state index in [-0.39, 0.29) is 15.6 Å². The first-order chi connectivity index (χ1) is 4.16. The molecule has 0 aromatic carbocycles. The number of carbonyl (C=O) groups is 1. The quantitative estimate of drug-likeness (QED) is 0.577. The summed E-state index contributed by atoms with van der Waals surface area (Å²) in [6.45, 7) is 1.99. The van der Waals surface area contributed by atoms with Gasteiger partial charge in [0.05, 0.1) is 0 Å². The van der Waals surface area contributed by atoms with E-state index in [1.54, 1.807) is 5.37 Å². The van der Waals surface area contributed by atoms with Gasteiger partial charge in [0.25, 0.3) is 0 Å². The summed E-state index contributed by atoms with van der Waals surface area (Å²) in [6.07, 6.45) is 4.07. The molecular weight excluding hydrogens is 152 g/mol. The Balaban J connectivity index is 3.63. The molecule has 0 rings (SSSR count). The molecule has 0 bridgehead atoms. The molecule has 0 aliphatic rings. The molecular formula is C6H12OS2. The Kier molecular flexibility index (Phi) is 5.19. The maximum Gasteiger partial charge on any atom is 0.217 e. The monoisotopic (exact) mass is 164 g/mol. The molecule has 1 nitrogen and oxygen atoms in total. The lowest BCUT2D eigenvalue weighted by Crippen LogP contribution is -1.91. The minimum absolute atomic E-state index is 0.157. The van der Waals surface area contributed by atoms with E-state index in [1.165, 1.54) is 11.8 Å². The summed E-state index contributed by atoms with van der Waals surface area (Å²) in [5, 5.41) is 1.99. The largest absolute Gasteiger partial charge is 0.282 e. The van der Waals surface area contributed by atoms with Crippen molar-refractivity contribution in [2.24, 2.45) is 0 Å². The molecule has 0 unspecified atom stereocenters. The summed E-state index contributed by atoms with van der Waals surface area (Å²) < 4.78 is 0.